The van der Waals surface area contributed by atoms with Gasteiger partial charge in [0, 0.05) is 61.2 Å². The highest BCUT2D eigenvalue weighted by Gasteiger charge is 2.38. The van der Waals surface area contributed by atoms with Gasteiger partial charge in [-0.05, 0) is 29.8 Å². The summed E-state index contributed by atoms with van der Waals surface area (Å²) in [5.74, 6) is -0.734. The topological polar surface area (TPSA) is 167 Å². The average molecular weight is 652 g/mol. The lowest BCUT2D eigenvalue weighted by Gasteiger charge is -2.25. The highest BCUT2D eigenvalue weighted by atomic mass is 35.5. The van der Waals surface area contributed by atoms with Crippen LogP contribution in [0, 0.1) is 11.3 Å². The molecule has 2 unspecified atom stereocenters. The number of hydrogen-bond acceptors (Lipinski definition) is 6. The van der Waals surface area contributed by atoms with E-state index in [0.717, 1.165) is 5.56 Å². The first-order chi connectivity index (χ1) is 21.5. The first-order valence-corrected chi connectivity index (χ1v) is 15.5. The van der Waals surface area contributed by atoms with Gasteiger partial charge >= 0.3 is 5.91 Å². The summed E-state index contributed by atoms with van der Waals surface area (Å²) in [6.07, 6.45) is 7.19. The third kappa shape index (κ3) is 7.58. The lowest BCUT2D eigenvalue weighted by molar-refractivity contribution is -0.849. The fourth-order valence-corrected chi connectivity index (χ4v) is 5.97. The molecule has 4 N–H and O–H groups in total. The van der Waals surface area contributed by atoms with E-state index in [9.17, 15) is 23.4 Å². The van der Waals surface area contributed by atoms with E-state index in [0.29, 0.717) is 39.7 Å². The van der Waals surface area contributed by atoms with Crippen molar-refractivity contribution in [2.45, 2.75) is 11.3 Å². The van der Waals surface area contributed by atoms with Gasteiger partial charge in [0.2, 0.25) is 5.70 Å². The molecule has 4 rings (SSSR count). The number of carbonyl (C=O) groups excluding carboxylic acids is 4. The minimum Gasteiger partial charge on any atom is -0.350 e. The molecule has 4 amide bonds. The molecule has 0 spiro atoms. The van der Waals surface area contributed by atoms with E-state index < -0.39 is 22.6 Å². The summed E-state index contributed by atoms with van der Waals surface area (Å²) >= 11 is 5.71. The molecule has 0 saturated heterocycles. The number of aryl methyl sites for hydroxylation is 2. The highest BCUT2D eigenvalue weighted by Crippen LogP contribution is 2.32. The van der Waals surface area contributed by atoms with E-state index in [1.165, 1.54) is 12.1 Å². The zero-order valence-electron chi connectivity index (χ0n) is 24.8. The first-order valence-electron chi connectivity index (χ1n) is 13.7. The molecule has 234 valence electrons. The molecule has 45 heavy (non-hydrogen) atoms. The summed E-state index contributed by atoms with van der Waals surface area (Å²) in [4.78, 5) is 51.0. The molecule has 1 aliphatic heterocycles. The first kappa shape index (κ1) is 32.9. The second kappa shape index (κ2) is 14.2. The maximum Gasteiger partial charge on any atom is 0.312 e. The molecule has 15 heteroatoms. The van der Waals surface area contributed by atoms with Crippen molar-refractivity contribution in [3.63, 3.8) is 0 Å². The average Bonchev–Trinajstić information content (AvgIpc) is 3.67. The van der Waals surface area contributed by atoms with Crippen molar-refractivity contribution in [1.29, 1.82) is 5.26 Å². The Bertz CT molecular complexity index is 1770. The van der Waals surface area contributed by atoms with Crippen molar-refractivity contribution in [2.75, 3.05) is 35.9 Å². The number of allylic oxidation sites excluding steroid dienone is 2. The molecule has 13 nitrogen and oxygen atoms in total. The zero-order valence-corrected chi connectivity index (χ0v) is 26.4. The quantitative estimate of drug-likeness (QED) is 0.0959. The molecule has 0 fully saturated rings. The molecule has 3 heterocycles. The van der Waals surface area contributed by atoms with E-state index >= 15 is 0 Å². The van der Waals surface area contributed by atoms with Crippen LogP contribution in [-0.2, 0) is 34.5 Å². The minimum absolute atomic E-state index is 0.181. The number of aromatic nitrogens is 2. The number of halogens is 1. The van der Waals surface area contributed by atoms with Crippen LogP contribution < -0.4 is 21.4 Å². The van der Waals surface area contributed by atoms with E-state index in [2.05, 4.69) is 21.4 Å². The van der Waals surface area contributed by atoms with Gasteiger partial charge in [-0.15, -0.1) is 11.6 Å². The van der Waals surface area contributed by atoms with Crippen molar-refractivity contribution in [1.82, 2.24) is 19.9 Å². The number of alkyl halides is 1. The van der Waals surface area contributed by atoms with Gasteiger partial charge in [-0.1, -0.05) is 12.1 Å². The van der Waals surface area contributed by atoms with Crippen molar-refractivity contribution in [3.8, 4) is 6.07 Å². The van der Waals surface area contributed by atoms with Crippen LogP contribution in [-0.4, -0.2) is 67.3 Å². The zero-order chi connectivity index (χ0) is 32.7. The number of likely N-dealkylation sites (N-methyl/N-ethyl adjacent to an activating group) is 1. The molecule has 0 radical (unpaired) electrons. The Morgan fingerprint density at radius 2 is 1.60 bits per heavy atom. The van der Waals surface area contributed by atoms with Crippen molar-refractivity contribution < 1.29 is 28.0 Å². The molecule has 0 bridgehead atoms. The van der Waals surface area contributed by atoms with Gasteiger partial charge in [0.1, 0.15) is 24.6 Å². The van der Waals surface area contributed by atoms with E-state index in [1.807, 2.05) is 6.07 Å². The largest absolute Gasteiger partial charge is 0.350 e. The Kier molecular flexibility index (Phi) is 10.4. The second-order valence-electron chi connectivity index (χ2n) is 10.2. The fourth-order valence-electron chi connectivity index (χ4n) is 4.73. The smallest absolute Gasteiger partial charge is 0.312 e. The van der Waals surface area contributed by atoms with E-state index in [4.69, 9.17) is 16.9 Å². The number of quaternary nitrogens is 1. The van der Waals surface area contributed by atoms with E-state index in [-0.39, 0.29) is 40.7 Å². The van der Waals surface area contributed by atoms with Crippen molar-refractivity contribution in [2.24, 2.45) is 14.1 Å². The van der Waals surface area contributed by atoms with Gasteiger partial charge in [0.25, 0.3) is 18.2 Å². The maximum atomic E-state index is 13.5. The Hall–Kier alpha value is -4.97. The third-order valence-electron chi connectivity index (χ3n) is 6.97. The Morgan fingerprint density at radius 3 is 2.18 bits per heavy atom. The van der Waals surface area contributed by atoms with Crippen LogP contribution in [0.3, 0.4) is 0 Å². The number of nitrogens with one attached hydrogen (secondary N) is 4. The maximum absolute atomic E-state index is 13.5. The van der Waals surface area contributed by atoms with Gasteiger partial charge in [-0.25, -0.2) is 0 Å². The van der Waals surface area contributed by atoms with Crippen LogP contribution >= 0.6 is 11.6 Å². The summed E-state index contributed by atoms with van der Waals surface area (Å²) in [6, 6.07) is 12.0. The summed E-state index contributed by atoms with van der Waals surface area (Å²) in [5, 5.41) is 16.9. The van der Waals surface area contributed by atoms with Gasteiger partial charge in [-0.3, -0.25) is 23.4 Å². The number of rotatable bonds is 13. The van der Waals surface area contributed by atoms with Crippen LogP contribution in [0.4, 0.5) is 11.4 Å². The molecular formula is C30H32ClN8O5S+. The van der Waals surface area contributed by atoms with Crippen LogP contribution in [0.1, 0.15) is 33.0 Å². The number of amides is 4. The summed E-state index contributed by atoms with van der Waals surface area (Å²) < 4.78 is 15.1. The molecule has 1 aromatic carbocycles. The normalized spacial score (nSPS) is 16.2. The molecule has 1 aliphatic rings. The molecule has 0 aliphatic carbocycles. The summed E-state index contributed by atoms with van der Waals surface area (Å²) in [6.45, 7) is 0.212. The van der Waals surface area contributed by atoms with Crippen LogP contribution in [0.5, 0.6) is 0 Å². The van der Waals surface area contributed by atoms with Gasteiger partial charge in [0.05, 0.1) is 34.7 Å². The summed E-state index contributed by atoms with van der Waals surface area (Å²) in [5.41, 5.74) is 5.57. The van der Waals surface area contributed by atoms with Gasteiger partial charge in [-0.2, -0.15) is 15.3 Å². The number of carbonyl (C=O) groups is 4. The lowest BCUT2D eigenvalue weighted by atomic mass is 10.1. The Balaban J connectivity index is 1.48. The van der Waals surface area contributed by atoms with Crippen molar-refractivity contribution in [3.05, 3.63) is 83.7 Å². The molecular weight excluding hydrogens is 620 g/mol. The Morgan fingerprint density at radius 1 is 1.00 bits per heavy atom. The second-order valence-corrected chi connectivity index (χ2v) is 12.2. The predicted molar refractivity (Wildman–Crippen MR) is 170 cm³/mol. The molecule has 0 saturated carbocycles. The number of anilines is 2. The SMILES string of the molecule is Cn1cc(NC(=O)c2cc(NC(=O)C3=CC(c4ccc(S(=O)CCCl)cc4)=C[N+]3(C)NC=O)cn2C)cc1C(=O)NCCC#N. The monoisotopic (exact) mass is 651 g/mol. The van der Waals surface area contributed by atoms with E-state index in [1.54, 1.807) is 79.2 Å². The molecule has 2 atom stereocenters. The Labute approximate surface area is 267 Å². The van der Waals surface area contributed by atoms with Crippen LogP contribution in [0.25, 0.3) is 5.57 Å². The number of hydrogen-bond donors (Lipinski definition) is 4. The fraction of sp³-hybridized carbons (Fsp3) is 0.233. The predicted octanol–water partition coefficient (Wildman–Crippen LogP) is 2.59. The van der Waals surface area contributed by atoms with Crippen molar-refractivity contribution >= 4 is 63.5 Å². The number of nitriles is 1. The molecule has 3 aromatic rings. The van der Waals surface area contributed by atoms with Crippen LogP contribution in [0.2, 0.25) is 0 Å². The molecule has 2 aromatic heterocycles. The third-order valence-corrected chi connectivity index (χ3v) is 8.76. The van der Waals surface area contributed by atoms with Gasteiger partial charge < -0.3 is 25.1 Å². The lowest BCUT2D eigenvalue weighted by Crippen LogP contribution is -2.50. The number of benzene rings is 1. The standard InChI is InChI=1S/C30H31ClN8O5S/c1-37-16-22(14-25(37)28(41)33-11-4-10-32)35-29(42)26-15-23(17-38(26)2)36-30(43)27-13-21(18-39(27,3)34-19-40)20-5-7-24(8-6-20)45(44)12-9-31/h5-8,13-19H,4,9,11-12H2,1-3H3,(H3-,33,34,35,36,40,41,42,43)/p+1. The minimum atomic E-state index is -1.22. The van der Waals surface area contributed by atoms with Crippen LogP contribution in [0.15, 0.2) is 71.7 Å². The highest BCUT2D eigenvalue weighted by molar-refractivity contribution is 7.85. The summed E-state index contributed by atoms with van der Waals surface area (Å²) in [7, 11) is 3.73. The number of nitrogens with zero attached hydrogens (tertiary/aromatic N) is 4. The van der Waals surface area contributed by atoms with Gasteiger partial charge in [0.15, 0.2) is 0 Å².